The van der Waals surface area contributed by atoms with Crippen molar-refractivity contribution in [3.05, 3.63) is 64.7 Å². The van der Waals surface area contributed by atoms with E-state index in [0.717, 1.165) is 34.4 Å². The van der Waals surface area contributed by atoms with E-state index in [2.05, 4.69) is 15.5 Å². The quantitative estimate of drug-likeness (QED) is 0.670. The van der Waals surface area contributed by atoms with E-state index in [1.54, 1.807) is 12.1 Å². The summed E-state index contributed by atoms with van der Waals surface area (Å²) in [4.78, 5) is 13.0. The van der Waals surface area contributed by atoms with Crippen LogP contribution in [0.25, 0.3) is 11.1 Å². The van der Waals surface area contributed by atoms with Gasteiger partial charge in [0.2, 0.25) is 0 Å². The first-order valence-electron chi connectivity index (χ1n) is 10.2. The lowest BCUT2D eigenvalue weighted by molar-refractivity contribution is 0.0899. The summed E-state index contributed by atoms with van der Waals surface area (Å²) in [7, 11) is 1.43. The summed E-state index contributed by atoms with van der Waals surface area (Å²) in [5.41, 5.74) is 4.54. The number of nitrogens with zero attached hydrogens (tertiary/aromatic N) is 1. The van der Waals surface area contributed by atoms with E-state index in [4.69, 9.17) is 14.2 Å². The third-order valence-electron chi connectivity index (χ3n) is 5.75. The number of carbonyl (C=O) groups excluding carboxylic acids is 1. The molecule has 8 heteroatoms. The van der Waals surface area contributed by atoms with Gasteiger partial charge in [0.25, 0.3) is 5.91 Å². The molecule has 0 saturated heterocycles. The van der Waals surface area contributed by atoms with Crippen LogP contribution < -0.4 is 14.8 Å². The molecular weight excluding hydrogens is 401 g/mol. The van der Waals surface area contributed by atoms with Crippen LogP contribution in [0.3, 0.4) is 0 Å². The van der Waals surface area contributed by atoms with Crippen molar-refractivity contribution in [2.24, 2.45) is 0 Å². The number of nitrogens with one attached hydrogen (secondary N) is 2. The van der Waals surface area contributed by atoms with Crippen LogP contribution in [0.15, 0.2) is 36.4 Å². The molecule has 2 aliphatic heterocycles. The Morgan fingerprint density at radius 3 is 2.90 bits per heavy atom. The highest BCUT2D eigenvalue weighted by Gasteiger charge is 2.28. The zero-order valence-electron chi connectivity index (χ0n) is 17.0. The van der Waals surface area contributed by atoms with Crippen LogP contribution in [-0.4, -0.2) is 36.4 Å². The van der Waals surface area contributed by atoms with Gasteiger partial charge < -0.3 is 19.5 Å². The number of fused-ring (bicyclic) bond motifs is 2. The fourth-order valence-electron chi connectivity index (χ4n) is 4.10. The molecule has 31 heavy (non-hydrogen) atoms. The number of methoxy groups -OCH3 is 1. The lowest BCUT2D eigenvalue weighted by atomic mass is 9.95. The van der Waals surface area contributed by atoms with E-state index >= 15 is 0 Å². The first kappa shape index (κ1) is 19.6. The van der Waals surface area contributed by atoms with Gasteiger partial charge in [-0.3, -0.25) is 9.89 Å². The number of amides is 1. The van der Waals surface area contributed by atoms with Gasteiger partial charge in [-0.1, -0.05) is 12.1 Å². The second-order valence-corrected chi connectivity index (χ2v) is 7.60. The van der Waals surface area contributed by atoms with E-state index in [1.165, 1.54) is 13.2 Å². The summed E-state index contributed by atoms with van der Waals surface area (Å²) in [5, 5.41) is 10.2. The molecule has 0 saturated carbocycles. The number of hydrogen-bond donors (Lipinski definition) is 2. The molecule has 5 rings (SSSR count). The maximum absolute atomic E-state index is 14.2. The Morgan fingerprint density at radius 2 is 2.06 bits per heavy atom. The van der Waals surface area contributed by atoms with Crippen LogP contribution in [0.5, 0.6) is 11.5 Å². The van der Waals surface area contributed by atoms with E-state index in [0.29, 0.717) is 37.7 Å². The van der Waals surface area contributed by atoms with Crippen molar-refractivity contribution in [3.63, 3.8) is 0 Å². The minimum Gasteiger partial charge on any atom is -0.494 e. The third-order valence-corrected chi connectivity index (χ3v) is 5.75. The van der Waals surface area contributed by atoms with Crippen molar-refractivity contribution in [1.29, 1.82) is 0 Å². The van der Waals surface area contributed by atoms with E-state index in [9.17, 15) is 9.18 Å². The molecule has 3 heterocycles. The average Bonchev–Trinajstić information content (AvgIpc) is 3.23. The molecule has 1 atom stereocenters. The predicted molar refractivity (Wildman–Crippen MR) is 111 cm³/mol. The van der Waals surface area contributed by atoms with Gasteiger partial charge in [-0.05, 0) is 35.4 Å². The monoisotopic (exact) mass is 423 g/mol. The smallest absolute Gasteiger partial charge is 0.272 e. The molecule has 1 unspecified atom stereocenters. The minimum absolute atomic E-state index is 0.196. The molecule has 7 nitrogen and oxygen atoms in total. The number of aromatic amines is 1. The molecule has 2 aliphatic rings. The molecule has 0 bridgehead atoms. The number of ether oxygens (including phenoxy) is 3. The number of benzene rings is 2. The molecule has 160 valence electrons. The fourth-order valence-corrected chi connectivity index (χ4v) is 4.10. The highest BCUT2D eigenvalue weighted by molar-refractivity contribution is 5.94. The molecule has 0 radical (unpaired) electrons. The topological polar surface area (TPSA) is 85.5 Å². The highest BCUT2D eigenvalue weighted by atomic mass is 19.1. The van der Waals surface area contributed by atoms with E-state index in [1.807, 2.05) is 18.2 Å². The highest BCUT2D eigenvalue weighted by Crippen LogP contribution is 2.36. The van der Waals surface area contributed by atoms with Gasteiger partial charge in [-0.2, -0.15) is 5.10 Å². The Kier molecular flexibility index (Phi) is 5.07. The molecule has 0 aliphatic carbocycles. The van der Waals surface area contributed by atoms with Crippen LogP contribution in [0.2, 0.25) is 0 Å². The summed E-state index contributed by atoms with van der Waals surface area (Å²) in [6, 6.07) is 10.3. The van der Waals surface area contributed by atoms with E-state index < -0.39 is 5.82 Å². The van der Waals surface area contributed by atoms with Crippen LogP contribution >= 0.6 is 0 Å². The third kappa shape index (κ3) is 3.63. The summed E-state index contributed by atoms with van der Waals surface area (Å²) < 4.78 is 30.5. The SMILES string of the molecule is COc1ccc(-c2ccc3c(c2)C(NC(=O)c2n[nH]c4c2COCC4)CCO3)cc1F. The molecule has 2 N–H and O–H groups in total. The van der Waals surface area contributed by atoms with Crippen molar-refractivity contribution in [2.45, 2.75) is 25.5 Å². The lowest BCUT2D eigenvalue weighted by Crippen LogP contribution is -2.33. The minimum atomic E-state index is -0.427. The Labute approximate surface area is 178 Å². The summed E-state index contributed by atoms with van der Waals surface area (Å²) in [5.74, 6) is 0.231. The Hall–Kier alpha value is -3.39. The number of hydrogen-bond acceptors (Lipinski definition) is 5. The summed E-state index contributed by atoms with van der Waals surface area (Å²) >= 11 is 0. The van der Waals surface area contributed by atoms with Gasteiger partial charge in [0.05, 0.1) is 33.0 Å². The van der Waals surface area contributed by atoms with Crippen molar-refractivity contribution in [2.75, 3.05) is 20.3 Å². The maximum Gasteiger partial charge on any atom is 0.272 e. The first-order chi connectivity index (χ1) is 15.1. The van der Waals surface area contributed by atoms with E-state index in [-0.39, 0.29) is 17.7 Å². The molecule has 0 fully saturated rings. The fraction of sp³-hybridized carbons (Fsp3) is 0.304. The van der Waals surface area contributed by atoms with Crippen molar-refractivity contribution in [3.8, 4) is 22.6 Å². The number of rotatable bonds is 4. The van der Waals surface area contributed by atoms with Gasteiger partial charge in [0.1, 0.15) is 5.75 Å². The predicted octanol–water partition coefficient (Wildman–Crippen LogP) is 3.55. The number of carbonyl (C=O) groups is 1. The van der Waals surface area contributed by atoms with Crippen LogP contribution in [0.1, 0.15) is 39.8 Å². The average molecular weight is 423 g/mol. The van der Waals surface area contributed by atoms with Gasteiger partial charge >= 0.3 is 0 Å². The normalized spacial score (nSPS) is 17.3. The van der Waals surface area contributed by atoms with Crippen molar-refractivity contribution >= 4 is 5.91 Å². The van der Waals surface area contributed by atoms with Gasteiger partial charge in [-0.15, -0.1) is 0 Å². The van der Waals surface area contributed by atoms with Gasteiger partial charge in [0, 0.05) is 29.7 Å². The number of H-pyrrole nitrogens is 1. The molecule has 0 spiro atoms. The lowest BCUT2D eigenvalue weighted by Gasteiger charge is -2.27. The van der Waals surface area contributed by atoms with Gasteiger partial charge in [-0.25, -0.2) is 4.39 Å². The number of halogens is 1. The van der Waals surface area contributed by atoms with Crippen molar-refractivity contribution in [1.82, 2.24) is 15.5 Å². The second-order valence-electron chi connectivity index (χ2n) is 7.60. The Balaban J connectivity index is 1.43. The zero-order chi connectivity index (χ0) is 21.4. The van der Waals surface area contributed by atoms with Gasteiger partial charge in [0.15, 0.2) is 17.3 Å². The summed E-state index contributed by atoms with van der Waals surface area (Å²) in [6.07, 6.45) is 1.35. The molecule has 1 amide bonds. The Bertz CT molecular complexity index is 1140. The zero-order valence-corrected chi connectivity index (χ0v) is 17.0. The molecule has 3 aromatic rings. The first-order valence-corrected chi connectivity index (χ1v) is 10.2. The van der Waals surface area contributed by atoms with Crippen LogP contribution in [0.4, 0.5) is 4.39 Å². The largest absolute Gasteiger partial charge is 0.494 e. The Morgan fingerprint density at radius 1 is 1.23 bits per heavy atom. The van der Waals surface area contributed by atoms with Crippen LogP contribution in [0, 0.1) is 5.82 Å². The van der Waals surface area contributed by atoms with Crippen molar-refractivity contribution < 1.29 is 23.4 Å². The second kappa shape index (κ2) is 8.03. The molecular formula is C23H22FN3O4. The molecule has 1 aromatic heterocycles. The van der Waals surface area contributed by atoms with Crippen LogP contribution in [-0.2, 0) is 17.8 Å². The summed E-state index contributed by atoms with van der Waals surface area (Å²) in [6.45, 7) is 1.50. The maximum atomic E-state index is 14.2. The molecule has 2 aromatic carbocycles. The standard InChI is InChI=1S/C23H22FN3O4/c1-29-21-5-3-14(11-17(21)24)13-2-4-20-15(10-13)18(7-9-31-20)25-23(28)22-16-12-30-8-6-19(16)26-27-22/h2-5,10-11,18H,6-9,12H2,1H3,(H,25,28)(H,26,27). The number of aromatic nitrogens is 2.